The Labute approximate surface area is 518 Å². The molecule has 0 saturated heterocycles. The standard InChI is InChI=1S/C82H50N8/c1-3-18-56(19-4-1)76-84-78(58-39-31-51(32-40-58)52-33-41-59(42-34-52)79-85-77(57-20-5-2-6-21-57)87-81(89-79)61-45-37-55(38-46-61)74-63-22-8-7-17-54(63)47-48-83-74)88-80(86-76)60-43-35-53(36-44-60)62-49-67-66-25-11-15-29-72(66)90-73-30-16-14-28-70(73)82(71(50-62)75(67)90)68-26-12-9-23-64(68)65-24-10-13-27-69(65)82/h1-50H. The lowest BCUT2D eigenvalue weighted by Gasteiger charge is -2.39. The van der Waals surface area contributed by atoms with Crippen LogP contribution in [0.4, 0.5) is 0 Å². The van der Waals surface area contributed by atoms with Crippen molar-refractivity contribution in [2.75, 3.05) is 0 Å². The van der Waals surface area contributed by atoms with Crippen LogP contribution < -0.4 is 0 Å². The Morgan fingerprint density at radius 1 is 0.256 bits per heavy atom. The van der Waals surface area contributed by atoms with Crippen molar-refractivity contribution in [2.45, 2.75) is 5.41 Å². The topological polar surface area (TPSA) is 95.2 Å². The number of aromatic nitrogens is 8. The van der Waals surface area contributed by atoms with Gasteiger partial charge in [0.1, 0.15) is 0 Å². The lowest BCUT2D eigenvalue weighted by atomic mass is 9.65. The van der Waals surface area contributed by atoms with Crippen molar-refractivity contribution in [3.05, 3.63) is 326 Å². The highest BCUT2D eigenvalue weighted by Gasteiger charge is 2.51. The SMILES string of the molecule is c1ccc(-c2nc(-c3ccc(-c4ccc(-c5nc(-c6ccccc6)nc(-c6ccc(-c7nccc8ccccc78)cc6)n5)cc4)cc3)nc(-c3ccc(-c4cc5c6c(c4)c4ccccc4n6-c4ccccc4C54c5ccccc5-c5ccccc54)cc3)n2)cc1. The molecule has 418 valence electrons. The minimum Gasteiger partial charge on any atom is -0.309 e. The molecular weight excluding hydrogens is 1100 g/mol. The van der Waals surface area contributed by atoms with Crippen molar-refractivity contribution in [1.82, 2.24) is 39.5 Å². The largest absolute Gasteiger partial charge is 0.309 e. The summed E-state index contributed by atoms with van der Waals surface area (Å²) in [5.74, 6) is 3.58. The Balaban J connectivity index is 0.679. The smallest absolute Gasteiger partial charge is 0.164 e. The summed E-state index contributed by atoms with van der Waals surface area (Å²) in [7, 11) is 0. The second-order valence-corrected chi connectivity index (χ2v) is 23.2. The van der Waals surface area contributed by atoms with Crippen LogP contribution in [0.1, 0.15) is 22.3 Å². The van der Waals surface area contributed by atoms with Crippen LogP contribution in [0, 0.1) is 0 Å². The van der Waals surface area contributed by atoms with Crippen LogP contribution in [-0.4, -0.2) is 39.5 Å². The first-order valence-corrected chi connectivity index (χ1v) is 30.4. The lowest BCUT2D eigenvalue weighted by molar-refractivity contribution is 0.749. The summed E-state index contributed by atoms with van der Waals surface area (Å²) in [4.78, 5) is 35.4. The first-order chi connectivity index (χ1) is 44.6. The van der Waals surface area contributed by atoms with E-state index in [2.05, 4.69) is 235 Å². The third kappa shape index (κ3) is 8.12. The zero-order valence-electron chi connectivity index (χ0n) is 48.4. The van der Waals surface area contributed by atoms with Gasteiger partial charge in [-0.15, -0.1) is 0 Å². The van der Waals surface area contributed by atoms with Crippen LogP contribution >= 0.6 is 0 Å². The van der Waals surface area contributed by atoms with Crippen molar-refractivity contribution in [1.29, 1.82) is 0 Å². The van der Waals surface area contributed by atoms with E-state index in [0.717, 1.165) is 77.7 Å². The van der Waals surface area contributed by atoms with Gasteiger partial charge in [0, 0.05) is 61.3 Å². The molecule has 0 N–H and O–H groups in total. The highest BCUT2D eigenvalue weighted by atomic mass is 15.0. The summed E-state index contributed by atoms with van der Waals surface area (Å²) in [5.41, 5.74) is 22.6. The number of para-hydroxylation sites is 2. The average Bonchev–Trinajstić information content (AvgIpc) is 1.47. The predicted molar refractivity (Wildman–Crippen MR) is 363 cm³/mol. The molecule has 0 saturated carbocycles. The van der Waals surface area contributed by atoms with Gasteiger partial charge in [0.2, 0.25) is 0 Å². The van der Waals surface area contributed by atoms with Gasteiger partial charge in [-0.2, -0.15) is 0 Å². The summed E-state index contributed by atoms with van der Waals surface area (Å²) in [5, 5.41) is 4.72. The van der Waals surface area contributed by atoms with Crippen molar-refractivity contribution in [3.8, 4) is 119 Å². The molecule has 1 spiro atoms. The van der Waals surface area contributed by atoms with Crippen LogP contribution in [-0.2, 0) is 5.41 Å². The Morgan fingerprint density at radius 3 is 1.17 bits per heavy atom. The van der Waals surface area contributed by atoms with Gasteiger partial charge in [0.05, 0.1) is 27.8 Å². The monoisotopic (exact) mass is 1150 g/mol. The maximum Gasteiger partial charge on any atom is 0.164 e. The number of benzene rings is 12. The molecule has 90 heavy (non-hydrogen) atoms. The molecule has 4 aromatic heterocycles. The van der Waals surface area contributed by atoms with E-state index in [1.165, 1.54) is 60.9 Å². The zero-order valence-corrected chi connectivity index (χ0v) is 48.4. The minimum atomic E-state index is -0.538. The van der Waals surface area contributed by atoms with Crippen LogP contribution in [0.15, 0.2) is 303 Å². The molecule has 16 aromatic rings. The maximum atomic E-state index is 5.21. The van der Waals surface area contributed by atoms with Crippen LogP contribution in [0.2, 0.25) is 0 Å². The van der Waals surface area contributed by atoms with Gasteiger partial charge in [-0.1, -0.05) is 267 Å². The Kier molecular flexibility index (Phi) is 11.7. The number of nitrogens with zero attached hydrogens (tertiary/aromatic N) is 8. The fraction of sp³-hybridized carbons (Fsp3) is 0.0122. The van der Waals surface area contributed by atoms with E-state index in [0.29, 0.717) is 34.9 Å². The quantitative estimate of drug-likeness (QED) is 0.142. The summed E-state index contributed by atoms with van der Waals surface area (Å²) >= 11 is 0. The molecule has 0 unspecified atom stereocenters. The van der Waals surface area contributed by atoms with Gasteiger partial charge < -0.3 is 4.57 Å². The molecule has 0 amide bonds. The molecular formula is C82H50N8. The number of pyridine rings is 1. The molecule has 1 aliphatic heterocycles. The second-order valence-electron chi connectivity index (χ2n) is 23.2. The molecule has 0 radical (unpaired) electrons. The van der Waals surface area contributed by atoms with E-state index in [-0.39, 0.29) is 0 Å². The Morgan fingerprint density at radius 2 is 0.644 bits per heavy atom. The van der Waals surface area contributed by atoms with Crippen LogP contribution in [0.5, 0.6) is 0 Å². The maximum absolute atomic E-state index is 5.21. The van der Waals surface area contributed by atoms with E-state index in [4.69, 9.17) is 34.9 Å². The first kappa shape index (κ1) is 51.1. The summed E-state index contributed by atoms with van der Waals surface area (Å²) in [6.45, 7) is 0. The third-order valence-corrected chi connectivity index (χ3v) is 18.2. The van der Waals surface area contributed by atoms with E-state index in [1.807, 2.05) is 72.9 Å². The molecule has 5 heterocycles. The van der Waals surface area contributed by atoms with E-state index >= 15 is 0 Å². The first-order valence-electron chi connectivity index (χ1n) is 30.4. The number of rotatable bonds is 9. The number of hydrogen-bond acceptors (Lipinski definition) is 7. The fourth-order valence-corrected chi connectivity index (χ4v) is 14.0. The van der Waals surface area contributed by atoms with Crippen molar-refractivity contribution >= 4 is 32.6 Å². The molecule has 0 bridgehead atoms. The molecule has 8 heteroatoms. The van der Waals surface area contributed by atoms with Gasteiger partial charge in [-0.25, -0.2) is 29.9 Å². The Hall–Kier alpha value is -12.1. The van der Waals surface area contributed by atoms with Gasteiger partial charge in [0.25, 0.3) is 0 Å². The lowest BCUT2D eigenvalue weighted by Crippen LogP contribution is -2.33. The summed E-state index contributed by atoms with van der Waals surface area (Å²) in [6.07, 6.45) is 1.86. The van der Waals surface area contributed by atoms with Crippen LogP contribution in [0.3, 0.4) is 0 Å². The number of fused-ring (bicyclic) bond motifs is 13. The van der Waals surface area contributed by atoms with Crippen LogP contribution in [0.25, 0.3) is 151 Å². The second kappa shape index (κ2) is 20.5. The molecule has 18 rings (SSSR count). The molecule has 0 fully saturated rings. The summed E-state index contributed by atoms with van der Waals surface area (Å²) < 4.78 is 2.51. The molecule has 8 nitrogen and oxygen atoms in total. The zero-order chi connectivity index (χ0) is 59.3. The average molecular weight is 1150 g/mol. The minimum absolute atomic E-state index is 0.538. The van der Waals surface area contributed by atoms with Gasteiger partial charge in [-0.05, 0) is 91.4 Å². The third-order valence-electron chi connectivity index (χ3n) is 18.2. The van der Waals surface area contributed by atoms with Crippen molar-refractivity contribution < 1.29 is 0 Å². The van der Waals surface area contributed by atoms with Crippen molar-refractivity contribution in [2.24, 2.45) is 0 Å². The van der Waals surface area contributed by atoms with E-state index in [1.54, 1.807) is 0 Å². The molecule has 12 aromatic carbocycles. The van der Waals surface area contributed by atoms with Gasteiger partial charge in [-0.3, -0.25) is 4.98 Å². The fourth-order valence-electron chi connectivity index (χ4n) is 14.0. The highest BCUT2D eigenvalue weighted by Crippen LogP contribution is 2.61. The van der Waals surface area contributed by atoms with Gasteiger partial charge in [0.15, 0.2) is 34.9 Å². The number of hydrogen-bond donors (Lipinski definition) is 0. The molecule has 1 aliphatic carbocycles. The van der Waals surface area contributed by atoms with Crippen molar-refractivity contribution in [3.63, 3.8) is 0 Å². The predicted octanol–water partition coefficient (Wildman–Crippen LogP) is 19.4. The van der Waals surface area contributed by atoms with E-state index in [9.17, 15) is 0 Å². The Bertz CT molecular complexity index is 5460. The molecule has 0 atom stereocenters. The normalized spacial score (nSPS) is 12.5. The van der Waals surface area contributed by atoms with Gasteiger partial charge >= 0.3 is 0 Å². The highest BCUT2D eigenvalue weighted by molar-refractivity contribution is 6.14. The van der Waals surface area contributed by atoms with E-state index < -0.39 is 5.41 Å². The summed E-state index contributed by atoms with van der Waals surface area (Å²) in [6, 6.07) is 105. The molecule has 2 aliphatic rings.